The maximum absolute atomic E-state index is 12.9. The van der Waals surface area contributed by atoms with E-state index in [2.05, 4.69) is 39.6 Å². The molecule has 1 heterocycles. The SMILES string of the molecule is Cc1cc(NCCc2ccc(F)cc2)nc(NCCCN(C)C)n1. The highest BCUT2D eigenvalue weighted by Crippen LogP contribution is 2.10. The first-order chi connectivity index (χ1) is 11.5. The summed E-state index contributed by atoms with van der Waals surface area (Å²) >= 11 is 0. The van der Waals surface area contributed by atoms with Crippen LogP contribution < -0.4 is 10.6 Å². The highest BCUT2D eigenvalue weighted by Gasteiger charge is 2.02. The number of benzene rings is 1. The molecule has 5 nitrogen and oxygen atoms in total. The third-order valence-corrected chi connectivity index (χ3v) is 3.55. The Kier molecular flexibility index (Phi) is 6.93. The van der Waals surface area contributed by atoms with Crippen LogP contribution in [0.4, 0.5) is 16.2 Å². The molecule has 0 radical (unpaired) electrons. The van der Waals surface area contributed by atoms with Crippen molar-refractivity contribution < 1.29 is 4.39 Å². The molecule has 2 rings (SSSR count). The molecular formula is C18H26FN5. The molecule has 130 valence electrons. The number of rotatable bonds is 9. The fourth-order valence-corrected chi connectivity index (χ4v) is 2.32. The molecule has 0 saturated carbocycles. The van der Waals surface area contributed by atoms with E-state index in [9.17, 15) is 4.39 Å². The molecule has 2 aromatic rings. The van der Waals surface area contributed by atoms with Gasteiger partial charge in [0.2, 0.25) is 5.95 Å². The summed E-state index contributed by atoms with van der Waals surface area (Å²) in [5.74, 6) is 1.25. The molecule has 0 aliphatic carbocycles. The van der Waals surface area contributed by atoms with Crippen LogP contribution in [0.5, 0.6) is 0 Å². The summed E-state index contributed by atoms with van der Waals surface area (Å²) in [5.41, 5.74) is 2.01. The third-order valence-electron chi connectivity index (χ3n) is 3.55. The molecule has 0 spiro atoms. The van der Waals surface area contributed by atoms with E-state index in [0.29, 0.717) is 5.95 Å². The lowest BCUT2D eigenvalue weighted by atomic mass is 10.1. The van der Waals surface area contributed by atoms with Gasteiger partial charge in [0.25, 0.3) is 0 Å². The van der Waals surface area contributed by atoms with Crippen LogP contribution >= 0.6 is 0 Å². The van der Waals surface area contributed by atoms with Crippen molar-refractivity contribution in [2.45, 2.75) is 19.8 Å². The van der Waals surface area contributed by atoms with Crippen molar-refractivity contribution in [1.82, 2.24) is 14.9 Å². The second-order valence-electron chi connectivity index (χ2n) is 6.11. The fourth-order valence-electron chi connectivity index (χ4n) is 2.32. The molecule has 0 aliphatic heterocycles. The first kappa shape index (κ1) is 18.1. The van der Waals surface area contributed by atoms with E-state index < -0.39 is 0 Å². The van der Waals surface area contributed by atoms with E-state index in [4.69, 9.17) is 0 Å². The molecule has 1 aromatic heterocycles. The summed E-state index contributed by atoms with van der Waals surface area (Å²) in [6.45, 7) is 4.57. The van der Waals surface area contributed by atoms with Crippen LogP contribution in [0, 0.1) is 12.7 Å². The van der Waals surface area contributed by atoms with Gasteiger partial charge in [0.05, 0.1) is 0 Å². The molecule has 0 aliphatic rings. The van der Waals surface area contributed by atoms with Crippen molar-refractivity contribution in [2.75, 3.05) is 44.4 Å². The van der Waals surface area contributed by atoms with Gasteiger partial charge in [-0.25, -0.2) is 9.37 Å². The molecule has 0 amide bonds. The molecule has 6 heteroatoms. The van der Waals surface area contributed by atoms with E-state index in [1.54, 1.807) is 12.1 Å². The highest BCUT2D eigenvalue weighted by molar-refractivity contribution is 5.42. The molecule has 0 bridgehead atoms. The molecule has 24 heavy (non-hydrogen) atoms. The Morgan fingerprint density at radius 3 is 2.50 bits per heavy atom. The fraction of sp³-hybridized carbons (Fsp3) is 0.444. The highest BCUT2D eigenvalue weighted by atomic mass is 19.1. The van der Waals surface area contributed by atoms with Crippen molar-refractivity contribution in [3.63, 3.8) is 0 Å². The second kappa shape index (κ2) is 9.17. The minimum atomic E-state index is -0.205. The summed E-state index contributed by atoms with van der Waals surface area (Å²) in [6.07, 6.45) is 1.85. The van der Waals surface area contributed by atoms with Gasteiger partial charge in [-0.05, 0) is 58.1 Å². The van der Waals surface area contributed by atoms with Gasteiger partial charge in [-0.3, -0.25) is 0 Å². The average Bonchev–Trinajstić information content (AvgIpc) is 2.53. The molecular weight excluding hydrogens is 305 g/mol. The Hall–Kier alpha value is -2.21. The number of aromatic nitrogens is 2. The molecule has 0 fully saturated rings. The third kappa shape index (κ3) is 6.50. The summed E-state index contributed by atoms with van der Waals surface area (Å²) in [7, 11) is 4.12. The lowest BCUT2D eigenvalue weighted by molar-refractivity contribution is 0.405. The molecule has 2 N–H and O–H groups in total. The minimum absolute atomic E-state index is 0.205. The normalized spacial score (nSPS) is 10.9. The molecule has 0 atom stereocenters. The minimum Gasteiger partial charge on any atom is -0.370 e. The Balaban J connectivity index is 1.82. The maximum atomic E-state index is 12.9. The molecule has 1 aromatic carbocycles. The number of aryl methyl sites for hydroxylation is 1. The lowest BCUT2D eigenvalue weighted by Crippen LogP contribution is -2.17. The number of hydrogen-bond acceptors (Lipinski definition) is 5. The van der Waals surface area contributed by atoms with Crippen molar-refractivity contribution in [1.29, 1.82) is 0 Å². The van der Waals surface area contributed by atoms with Gasteiger partial charge >= 0.3 is 0 Å². The summed E-state index contributed by atoms with van der Waals surface area (Å²) in [4.78, 5) is 11.1. The standard InChI is InChI=1S/C18H26FN5/c1-14-13-17(20-11-9-15-5-7-16(19)8-6-15)23-18(22-14)21-10-4-12-24(2)3/h5-8,13H,4,9-12H2,1-3H3,(H2,20,21,22,23). The van der Waals surface area contributed by atoms with E-state index in [1.807, 2.05) is 13.0 Å². The van der Waals surface area contributed by atoms with E-state index in [1.165, 1.54) is 12.1 Å². The van der Waals surface area contributed by atoms with Crippen LogP contribution in [-0.2, 0) is 6.42 Å². The van der Waals surface area contributed by atoms with E-state index in [-0.39, 0.29) is 5.82 Å². The van der Waals surface area contributed by atoms with Crippen molar-refractivity contribution in [2.24, 2.45) is 0 Å². The number of nitrogens with zero attached hydrogens (tertiary/aromatic N) is 3. The quantitative estimate of drug-likeness (QED) is 0.692. The van der Waals surface area contributed by atoms with Crippen LogP contribution in [-0.4, -0.2) is 48.6 Å². The number of anilines is 2. The summed E-state index contributed by atoms with van der Waals surface area (Å²) in [5, 5.41) is 6.57. The monoisotopic (exact) mass is 331 g/mol. The van der Waals surface area contributed by atoms with Crippen molar-refractivity contribution in [3.8, 4) is 0 Å². The van der Waals surface area contributed by atoms with Crippen molar-refractivity contribution >= 4 is 11.8 Å². The van der Waals surface area contributed by atoms with Crippen LogP contribution in [0.2, 0.25) is 0 Å². The van der Waals surface area contributed by atoms with Gasteiger partial charge in [-0.1, -0.05) is 12.1 Å². The van der Waals surface area contributed by atoms with Crippen LogP contribution in [0.3, 0.4) is 0 Å². The Morgan fingerprint density at radius 1 is 1.04 bits per heavy atom. The maximum Gasteiger partial charge on any atom is 0.224 e. The topological polar surface area (TPSA) is 53.1 Å². The van der Waals surface area contributed by atoms with E-state index in [0.717, 1.165) is 49.6 Å². The predicted octanol–water partition coefficient (Wildman–Crippen LogP) is 2.94. The number of halogens is 1. The first-order valence-corrected chi connectivity index (χ1v) is 8.25. The summed E-state index contributed by atoms with van der Waals surface area (Å²) < 4.78 is 12.9. The predicted molar refractivity (Wildman–Crippen MR) is 97.0 cm³/mol. The Morgan fingerprint density at radius 2 is 1.79 bits per heavy atom. The smallest absolute Gasteiger partial charge is 0.224 e. The first-order valence-electron chi connectivity index (χ1n) is 8.25. The van der Waals surface area contributed by atoms with Gasteiger partial charge in [0, 0.05) is 24.8 Å². The second-order valence-corrected chi connectivity index (χ2v) is 6.11. The summed E-state index contributed by atoms with van der Waals surface area (Å²) in [6, 6.07) is 8.51. The average molecular weight is 331 g/mol. The Labute approximate surface area is 143 Å². The largest absolute Gasteiger partial charge is 0.370 e. The van der Waals surface area contributed by atoms with Crippen LogP contribution in [0.1, 0.15) is 17.7 Å². The van der Waals surface area contributed by atoms with Gasteiger partial charge in [-0.2, -0.15) is 4.98 Å². The van der Waals surface area contributed by atoms with E-state index >= 15 is 0 Å². The zero-order valence-electron chi connectivity index (χ0n) is 14.6. The number of nitrogens with one attached hydrogen (secondary N) is 2. The zero-order valence-corrected chi connectivity index (χ0v) is 14.6. The van der Waals surface area contributed by atoms with Crippen LogP contribution in [0.25, 0.3) is 0 Å². The molecule has 0 saturated heterocycles. The van der Waals surface area contributed by atoms with Gasteiger partial charge in [0.1, 0.15) is 11.6 Å². The van der Waals surface area contributed by atoms with Crippen molar-refractivity contribution in [3.05, 3.63) is 47.4 Å². The number of hydrogen-bond donors (Lipinski definition) is 2. The van der Waals surface area contributed by atoms with Gasteiger partial charge in [-0.15, -0.1) is 0 Å². The van der Waals surface area contributed by atoms with Gasteiger partial charge in [0.15, 0.2) is 0 Å². The lowest BCUT2D eigenvalue weighted by Gasteiger charge is -2.11. The zero-order chi connectivity index (χ0) is 17.4. The van der Waals surface area contributed by atoms with Crippen LogP contribution in [0.15, 0.2) is 30.3 Å². The molecule has 0 unspecified atom stereocenters. The Bertz CT molecular complexity index is 628. The van der Waals surface area contributed by atoms with Gasteiger partial charge < -0.3 is 15.5 Å².